The van der Waals surface area contributed by atoms with Gasteiger partial charge in [0.15, 0.2) is 5.78 Å². The van der Waals surface area contributed by atoms with E-state index in [2.05, 4.69) is 24.3 Å². The number of fused-ring (bicyclic) bond motifs is 3. The third kappa shape index (κ3) is 1.27. The van der Waals surface area contributed by atoms with Crippen molar-refractivity contribution in [3.63, 3.8) is 0 Å². The molecule has 1 aliphatic rings. The lowest BCUT2D eigenvalue weighted by Gasteiger charge is -2.16. The molecule has 1 aliphatic carbocycles. The van der Waals surface area contributed by atoms with E-state index in [0.29, 0.717) is 12.2 Å². The summed E-state index contributed by atoms with van der Waals surface area (Å²) in [5, 5.41) is 2.30. The molecule has 74 valence electrons. The number of benzene rings is 2. The van der Waals surface area contributed by atoms with Gasteiger partial charge in [0.25, 0.3) is 0 Å². The molecule has 0 amide bonds. The zero-order valence-corrected chi connectivity index (χ0v) is 8.49. The van der Waals surface area contributed by atoms with Crippen molar-refractivity contribution in [3.8, 4) is 0 Å². The molecule has 0 atom stereocenters. The van der Waals surface area contributed by atoms with Crippen LogP contribution in [0.25, 0.3) is 10.8 Å². The molecule has 3 rings (SSSR count). The number of rotatable bonds is 0. The van der Waals surface area contributed by atoms with E-state index < -0.39 is 0 Å². The van der Waals surface area contributed by atoms with Crippen LogP contribution in [0, 0.1) is 0 Å². The van der Waals surface area contributed by atoms with Gasteiger partial charge in [0, 0.05) is 12.0 Å². The number of carbonyl (C=O) groups is 1. The summed E-state index contributed by atoms with van der Waals surface area (Å²) in [5.41, 5.74) is 2.20. The second kappa shape index (κ2) is 3.20. The zero-order chi connectivity index (χ0) is 10.3. The fraction of sp³-hybridized carbons (Fsp3) is 0.214. The van der Waals surface area contributed by atoms with E-state index in [1.807, 2.05) is 12.1 Å². The maximum atomic E-state index is 11.9. The Bertz CT molecular complexity index is 540. The Labute approximate surface area is 88.7 Å². The number of aryl methyl sites for hydroxylation is 1. The molecule has 0 bridgehead atoms. The summed E-state index contributed by atoms with van der Waals surface area (Å²) in [7, 11) is 0. The molecule has 15 heavy (non-hydrogen) atoms. The van der Waals surface area contributed by atoms with E-state index in [1.165, 1.54) is 10.9 Å². The van der Waals surface area contributed by atoms with E-state index in [4.69, 9.17) is 0 Å². The van der Waals surface area contributed by atoms with E-state index in [9.17, 15) is 4.79 Å². The second-order valence-corrected chi connectivity index (χ2v) is 4.10. The van der Waals surface area contributed by atoms with Crippen LogP contribution in [-0.4, -0.2) is 5.78 Å². The van der Waals surface area contributed by atoms with Crippen LogP contribution in [-0.2, 0) is 6.42 Å². The van der Waals surface area contributed by atoms with Crippen LogP contribution >= 0.6 is 0 Å². The quantitative estimate of drug-likeness (QED) is 0.609. The summed E-state index contributed by atoms with van der Waals surface area (Å²) in [6.45, 7) is 0. The van der Waals surface area contributed by atoms with Crippen LogP contribution in [0.15, 0.2) is 36.4 Å². The minimum Gasteiger partial charge on any atom is -0.294 e. The maximum absolute atomic E-state index is 11.9. The smallest absolute Gasteiger partial charge is 0.163 e. The first-order valence-corrected chi connectivity index (χ1v) is 5.40. The first kappa shape index (κ1) is 8.66. The van der Waals surface area contributed by atoms with E-state index in [-0.39, 0.29) is 0 Å². The van der Waals surface area contributed by atoms with Gasteiger partial charge in [-0.15, -0.1) is 0 Å². The van der Waals surface area contributed by atoms with Gasteiger partial charge in [-0.05, 0) is 29.2 Å². The molecule has 0 saturated carbocycles. The summed E-state index contributed by atoms with van der Waals surface area (Å²) in [5.74, 6) is 0.313. The average molecular weight is 210 g/mol. The van der Waals surface area contributed by atoms with Crippen LogP contribution in [0.2, 0.25) is 0 Å². The lowest BCUT2D eigenvalue weighted by Crippen LogP contribution is -2.11. The number of ketones is 1. The summed E-state index contributed by atoms with van der Waals surface area (Å²) in [4.78, 5) is 11.9. The molecule has 0 heterocycles. The van der Waals surface area contributed by atoms with Gasteiger partial charge in [0.2, 0.25) is 0 Å². The van der Waals surface area contributed by atoms with Gasteiger partial charge in [-0.1, -0.05) is 36.4 Å². The topological polar surface area (TPSA) is 17.1 Å². The lowest BCUT2D eigenvalue weighted by molar-refractivity contribution is 0.0974. The summed E-state index contributed by atoms with van der Waals surface area (Å²) in [6.07, 6.45) is 2.76. The van der Waals surface area contributed by atoms with Crippen molar-refractivity contribution < 1.29 is 4.79 Å². The van der Waals surface area contributed by atoms with Gasteiger partial charge >= 0.3 is 0 Å². The highest BCUT2D eigenvalue weighted by Crippen LogP contribution is 2.28. The van der Waals surface area contributed by atoms with Gasteiger partial charge in [0.05, 0.1) is 0 Å². The van der Waals surface area contributed by atoms with Gasteiger partial charge in [-0.2, -0.15) is 0 Å². The Balaban J connectivity index is 2.40. The fourth-order valence-corrected chi connectivity index (χ4v) is 2.42. The number of carbonyl (C=O) groups excluding carboxylic acids is 1. The van der Waals surface area contributed by atoms with Crippen LogP contribution < -0.4 is 0 Å². The standard InChI is InChI=1S/C14H12O/c15-13-7-3-5-11-9-8-10-4-1-2-6-12(10)14(11)13/h1-2,4,6,8-9H,3,5,7H2/i1+1,2+1,3+1,4+1,5+1,6+1,7+1,8+1,9+1,10+1,11+1,12+1,13+1,14+1. The highest BCUT2D eigenvalue weighted by atomic mass is 16.2. The van der Waals surface area contributed by atoms with E-state index in [1.54, 1.807) is 0 Å². The highest BCUT2D eigenvalue weighted by molar-refractivity contribution is 6.10. The van der Waals surface area contributed by atoms with Gasteiger partial charge in [-0.25, -0.2) is 0 Å². The normalized spacial score (nSPS) is 15.3. The summed E-state index contributed by atoms with van der Waals surface area (Å²) >= 11 is 0. The largest absolute Gasteiger partial charge is 0.294 e. The third-order valence-electron chi connectivity index (χ3n) is 3.14. The molecule has 1 heteroatoms. The molecule has 0 saturated heterocycles. The van der Waals surface area contributed by atoms with Crippen molar-refractivity contribution in [2.24, 2.45) is 0 Å². The zero-order valence-electron chi connectivity index (χ0n) is 8.49. The van der Waals surface area contributed by atoms with Gasteiger partial charge in [0.1, 0.15) is 0 Å². The van der Waals surface area contributed by atoms with Crippen molar-refractivity contribution >= 4 is 16.6 Å². The second-order valence-electron chi connectivity index (χ2n) is 4.10. The minimum absolute atomic E-state index is 0.313. The van der Waals surface area contributed by atoms with Gasteiger partial charge in [-0.3, -0.25) is 4.79 Å². The molecule has 2 aromatic carbocycles. The molecule has 0 aromatic heterocycles. The molecule has 0 radical (unpaired) electrons. The van der Waals surface area contributed by atoms with Crippen molar-refractivity contribution in [3.05, 3.63) is 47.5 Å². The summed E-state index contributed by atoms with van der Waals surface area (Å²) < 4.78 is 0. The van der Waals surface area contributed by atoms with Crippen LogP contribution in [0.5, 0.6) is 0 Å². The predicted octanol–water partition coefficient (Wildman–Crippen LogP) is 3.36. The molecule has 2 aromatic rings. The van der Waals surface area contributed by atoms with Crippen molar-refractivity contribution in [1.82, 2.24) is 0 Å². The third-order valence-corrected chi connectivity index (χ3v) is 3.14. The van der Waals surface area contributed by atoms with Crippen LogP contribution in [0.3, 0.4) is 0 Å². The average Bonchev–Trinajstić information content (AvgIpc) is 2.29. The SMILES string of the molecule is O=[13C]1[13CH2][13CH2][13CH2][13c]2[13cH][13cH][13c]3[13cH][13cH][13cH][13cH][13c]3[13c]21. The van der Waals surface area contributed by atoms with Crippen molar-refractivity contribution in [2.45, 2.75) is 19.3 Å². The Morgan fingerprint density at radius 2 is 1.80 bits per heavy atom. The Morgan fingerprint density at radius 3 is 2.73 bits per heavy atom. The first-order valence-electron chi connectivity index (χ1n) is 5.40. The number of hydrogen-bond acceptors (Lipinski definition) is 1. The Hall–Kier alpha value is -1.63. The van der Waals surface area contributed by atoms with E-state index in [0.717, 1.165) is 23.8 Å². The van der Waals surface area contributed by atoms with Crippen molar-refractivity contribution in [1.29, 1.82) is 0 Å². The van der Waals surface area contributed by atoms with Crippen molar-refractivity contribution in [2.75, 3.05) is 0 Å². The monoisotopic (exact) mass is 210 g/mol. The predicted molar refractivity (Wildman–Crippen MR) is 61.2 cm³/mol. The highest BCUT2D eigenvalue weighted by Gasteiger charge is 2.18. The summed E-state index contributed by atoms with van der Waals surface area (Å²) in [6, 6.07) is 12.4. The molecule has 0 aliphatic heterocycles. The van der Waals surface area contributed by atoms with E-state index >= 15 is 0 Å². The Kier molecular flexibility index (Phi) is 1.84. The molecule has 0 unspecified atom stereocenters. The van der Waals surface area contributed by atoms with Crippen LogP contribution in [0.4, 0.5) is 0 Å². The molecule has 0 fully saturated rings. The maximum Gasteiger partial charge on any atom is 0.163 e. The number of hydrogen-bond donors (Lipinski definition) is 0. The molecule has 1 nitrogen and oxygen atoms in total. The molecule has 0 spiro atoms. The van der Waals surface area contributed by atoms with Crippen LogP contribution in [0.1, 0.15) is 28.8 Å². The Morgan fingerprint density at radius 1 is 0.933 bits per heavy atom. The first-order chi connectivity index (χ1) is 7.36. The fourth-order valence-electron chi connectivity index (χ4n) is 2.42. The lowest BCUT2D eigenvalue weighted by atomic mass is 10.9. The molecule has 0 N–H and O–H groups in total. The molecular weight excluding hydrogens is 198 g/mol. The van der Waals surface area contributed by atoms with Gasteiger partial charge < -0.3 is 0 Å². The molecular formula is C14H12O. The minimum atomic E-state index is 0.313. The number of Topliss-reactive ketones (excluding diaryl/α,β-unsaturated/α-hetero) is 1.